The van der Waals surface area contributed by atoms with E-state index in [0.29, 0.717) is 12.8 Å². The number of esters is 1. The van der Waals surface area contributed by atoms with Gasteiger partial charge in [0.1, 0.15) is 23.7 Å². The van der Waals surface area contributed by atoms with Gasteiger partial charge in [-0.25, -0.2) is 4.79 Å². The first-order valence-electron chi connectivity index (χ1n) is 10.6. The summed E-state index contributed by atoms with van der Waals surface area (Å²) in [6.45, 7) is 0.741. The van der Waals surface area contributed by atoms with Gasteiger partial charge in [-0.05, 0) is 12.8 Å². The number of alkyl halides is 3. The molecule has 1 saturated heterocycles. The Morgan fingerprint density at radius 1 is 1.31 bits per heavy atom. The summed E-state index contributed by atoms with van der Waals surface area (Å²) in [5.74, 6) is -3.17. The first-order valence-corrected chi connectivity index (χ1v) is 12.0. The molecule has 1 aliphatic carbocycles. The molecule has 10 nitrogen and oxygen atoms in total. The molecule has 0 radical (unpaired) electrons. The van der Waals surface area contributed by atoms with Gasteiger partial charge in [0.05, 0.1) is 17.3 Å². The third kappa shape index (κ3) is 4.99. The molecule has 2 N–H and O–H groups in total. The van der Waals surface area contributed by atoms with E-state index in [4.69, 9.17) is 16.3 Å². The number of carbonyl (C=O) groups is 4. The summed E-state index contributed by atoms with van der Waals surface area (Å²) >= 11 is 7.13. The number of nitrogens with one attached hydrogen (secondary N) is 1. The highest BCUT2D eigenvalue weighted by Gasteiger charge is 2.54. The summed E-state index contributed by atoms with van der Waals surface area (Å²) in [4.78, 5) is 49.0. The van der Waals surface area contributed by atoms with Crippen LogP contribution in [0.2, 0.25) is 5.02 Å². The van der Waals surface area contributed by atoms with E-state index in [1.807, 2.05) is 0 Å². The zero-order valence-electron chi connectivity index (χ0n) is 18.2. The van der Waals surface area contributed by atoms with Crippen LogP contribution in [0.1, 0.15) is 43.5 Å². The lowest BCUT2D eigenvalue weighted by Gasteiger charge is -2.49. The minimum atomic E-state index is -4.72. The highest BCUT2D eigenvalue weighted by Crippen LogP contribution is 2.47. The van der Waals surface area contributed by atoms with Crippen molar-refractivity contribution in [2.24, 2.45) is 0 Å². The predicted octanol–water partition coefficient (Wildman–Crippen LogP) is 2.12. The molecule has 2 aliphatic heterocycles. The van der Waals surface area contributed by atoms with Crippen molar-refractivity contribution in [1.82, 2.24) is 20.0 Å². The van der Waals surface area contributed by atoms with Crippen LogP contribution in [0.3, 0.4) is 0 Å². The standard InChI is InChI=1S/C20H20ClF3N4O6S/c1-8(29)34-6-10-7-35-18-13(17(31)28(18)15(10)19(32)33)25-11(30)4-5-27-14(9-2-3-9)12(21)16(26-27)20(22,23)24/h9,13,18H,2-7H2,1H3,(H,25,30)(H,32,33)/t13-,18+/m0/s1. The number of amides is 2. The molecule has 1 aromatic rings. The maximum Gasteiger partial charge on any atom is 0.436 e. The van der Waals surface area contributed by atoms with Gasteiger partial charge in [-0.15, -0.1) is 11.8 Å². The Hall–Kier alpha value is -2.74. The highest BCUT2D eigenvalue weighted by atomic mass is 35.5. The minimum Gasteiger partial charge on any atom is -0.477 e. The molecule has 2 atom stereocenters. The fourth-order valence-corrected chi connectivity index (χ4v) is 5.71. The number of halogens is 4. The molecule has 0 bridgehead atoms. The molecule has 2 amide bonds. The number of carboxylic acid groups (broad SMARTS) is 1. The molecule has 3 heterocycles. The lowest BCUT2D eigenvalue weighted by molar-refractivity contribution is -0.151. The van der Waals surface area contributed by atoms with Crippen LogP contribution in [0.25, 0.3) is 0 Å². The van der Waals surface area contributed by atoms with Gasteiger partial charge in [-0.2, -0.15) is 18.3 Å². The second-order valence-corrected chi connectivity index (χ2v) is 9.77. The smallest absolute Gasteiger partial charge is 0.436 e. The summed E-state index contributed by atoms with van der Waals surface area (Å²) in [5, 5.41) is 14.5. The van der Waals surface area contributed by atoms with Crippen LogP contribution in [0.5, 0.6) is 0 Å². The SMILES string of the molecule is CC(=O)OCC1=C(C(=O)O)N2C(=O)[C@H](NC(=O)CCn3nc(C(F)(F)F)c(Cl)c3C3CC3)[C@H]2SC1. The topological polar surface area (TPSA) is 131 Å². The monoisotopic (exact) mass is 536 g/mol. The molecule has 0 spiro atoms. The fraction of sp³-hybridized carbons (Fsp3) is 0.550. The number of carbonyl (C=O) groups excluding carboxylic acids is 3. The van der Waals surface area contributed by atoms with Crippen LogP contribution in [-0.2, 0) is 36.6 Å². The average molecular weight is 537 g/mol. The number of aliphatic carboxylic acids is 1. The van der Waals surface area contributed by atoms with E-state index in [-0.39, 0.29) is 48.2 Å². The Kier molecular flexibility index (Phi) is 6.79. The number of aromatic nitrogens is 2. The molecule has 1 saturated carbocycles. The molecular formula is C20H20ClF3N4O6S. The van der Waals surface area contributed by atoms with Gasteiger partial charge in [0.2, 0.25) is 5.91 Å². The Morgan fingerprint density at radius 2 is 2.00 bits per heavy atom. The molecule has 0 unspecified atom stereocenters. The van der Waals surface area contributed by atoms with E-state index >= 15 is 0 Å². The normalized spacial score (nSPS) is 22.0. The Morgan fingerprint density at radius 3 is 2.57 bits per heavy atom. The number of ether oxygens (including phenoxy) is 1. The van der Waals surface area contributed by atoms with Crippen molar-refractivity contribution in [2.45, 2.75) is 56.2 Å². The van der Waals surface area contributed by atoms with Gasteiger partial charge in [0, 0.05) is 30.6 Å². The number of aryl methyl sites for hydroxylation is 1. The van der Waals surface area contributed by atoms with Crippen molar-refractivity contribution in [3.8, 4) is 0 Å². The molecule has 15 heteroatoms. The third-order valence-corrected chi connectivity index (χ3v) is 7.44. The molecule has 35 heavy (non-hydrogen) atoms. The lowest BCUT2D eigenvalue weighted by atomic mass is 10.0. The number of rotatable bonds is 8. The Labute approximate surface area is 205 Å². The van der Waals surface area contributed by atoms with Crippen LogP contribution >= 0.6 is 23.4 Å². The van der Waals surface area contributed by atoms with E-state index in [1.54, 1.807) is 0 Å². The van der Waals surface area contributed by atoms with Gasteiger partial charge >= 0.3 is 18.1 Å². The van der Waals surface area contributed by atoms with Gasteiger partial charge in [0.15, 0.2) is 5.69 Å². The average Bonchev–Trinajstić information content (AvgIpc) is 3.55. The van der Waals surface area contributed by atoms with E-state index in [9.17, 15) is 37.5 Å². The first kappa shape index (κ1) is 25.4. The first-order chi connectivity index (χ1) is 16.4. The summed E-state index contributed by atoms with van der Waals surface area (Å²) in [6, 6.07) is -0.994. The number of thioether (sulfide) groups is 1. The van der Waals surface area contributed by atoms with Gasteiger partial charge in [0.25, 0.3) is 5.91 Å². The summed E-state index contributed by atoms with van der Waals surface area (Å²) in [6.07, 6.45) is -3.62. The number of hydrogen-bond donors (Lipinski definition) is 2. The quantitative estimate of drug-likeness (QED) is 0.382. The highest BCUT2D eigenvalue weighted by molar-refractivity contribution is 8.00. The van der Waals surface area contributed by atoms with Crippen LogP contribution < -0.4 is 5.32 Å². The van der Waals surface area contributed by atoms with Crippen molar-refractivity contribution < 1.29 is 42.2 Å². The van der Waals surface area contributed by atoms with E-state index < -0.39 is 52.1 Å². The number of fused-ring (bicyclic) bond motifs is 1. The third-order valence-electron chi connectivity index (χ3n) is 5.73. The number of β-lactam (4-membered cyclic amide) rings is 1. The van der Waals surface area contributed by atoms with Crippen LogP contribution in [-0.4, -0.2) is 67.3 Å². The van der Waals surface area contributed by atoms with E-state index in [2.05, 4.69) is 10.4 Å². The van der Waals surface area contributed by atoms with E-state index in [1.165, 1.54) is 18.7 Å². The van der Waals surface area contributed by atoms with Crippen molar-refractivity contribution >= 4 is 47.1 Å². The summed E-state index contributed by atoms with van der Waals surface area (Å²) in [5.41, 5.74) is -0.972. The molecule has 190 valence electrons. The van der Waals surface area contributed by atoms with Crippen molar-refractivity contribution in [3.63, 3.8) is 0 Å². The van der Waals surface area contributed by atoms with Crippen molar-refractivity contribution in [3.05, 3.63) is 27.7 Å². The molecular weight excluding hydrogens is 517 g/mol. The lowest BCUT2D eigenvalue weighted by Crippen LogP contribution is -2.70. The minimum absolute atomic E-state index is 0.142. The Balaban J connectivity index is 1.41. The van der Waals surface area contributed by atoms with Crippen molar-refractivity contribution in [2.75, 3.05) is 12.4 Å². The molecule has 0 aromatic carbocycles. The largest absolute Gasteiger partial charge is 0.477 e. The zero-order chi connectivity index (χ0) is 25.7. The van der Waals surface area contributed by atoms with Crippen molar-refractivity contribution in [1.29, 1.82) is 0 Å². The molecule has 1 aromatic heterocycles. The van der Waals surface area contributed by atoms with Crippen LogP contribution in [0, 0.1) is 0 Å². The van der Waals surface area contributed by atoms with Crippen LogP contribution in [0.15, 0.2) is 11.3 Å². The predicted molar refractivity (Wildman–Crippen MR) is 115 cm³/mol. The fourth-order valence-electron chi connectivity index (χ4n) is 3.99. The number of hydrogen-bond acceptors (Lipinski definition) is 7. The maximum absolute atomic E-state index is 13.2. The van der Waals surface area contributed by atoms with Gasteiger partial charge in [-0.3, -0.25) is 24.0 Å². The van der Waals surface area contributed by atoms with Gasteiger partial charge in [-0.1, -0.05) is 11.6 Å². The van der Waals surface area contributed by atoms with E-state index in [0.717, 1.165) is 9.58 Å². The second-order valence-electron chi connectivity index (χ2n) is 8.29. The van der Waals surface area contributed by atoms with Gasteiger partial charge < -0.3 is 15.2 Å². The zero-order valence-corrected chi connectivity index (χ0v) is 19.8. The number of carboxylic acids is 1. The summed E-state index contributed by atoms with van der Waals surface area (Å²) in [7, 11) is 0. The molecule has 4 rings (SSSR count). The van der Waals surface area contributed by atoms with Crippen LogP contribution in [0.4, 0.5) is 13.2 Å². The second kappa shape index (κ2) is 9.37. The molecule has 2 fully saturated rings. The molecule has 3 aliphatic rings. The summed E-state index contributed by atoms with van der Waals surface area (Å²) < 4.78 is 45.6. The Bertz CT molecular complexity index is 1130. The number of nitrogens with zero attached hydrogens (tertiary/aromatic N) is 3. The maximum atomic E-state index is 13.2.